The second kappa shape index (κ2) is 21.0. The molecule has 3 heterocycles. The molecule has 2 aromatic heterocycles. The van der Waals surface area contributed by atoms with Gasteiger partial charge in [-0.15, -0.1) is 48.1 Å². The largest absolute Gasteiger partial charge is 0.509 e. The molecule has 0 aliphatic carbocycles. The number of aromatic nitrogens is 2. The summed E-state index contributed by atoms with van der Waals surface area (Å²) in [5.41, 5.74) is 19.9. The molecule has 11 rings (SSSR count). The van der Waals surface area contributed by atoms with E-state index >= 15 is 0 Å². The maximum atomic E-state index is 6.85. The van der Waals surface area contributed by atoms with Crippen molar-refractivity contribution < 1.29 is 25.8 Å². The van der Waals surface area contributed by atoms with Gasteiger partial charge < -0.3 is 19.1 Å². The number of fused-ring (bicyclic) bond motifs is 4. The summed E-state index contributed by atoms with van der Waals surface area (Å²) in [6.07, 6.45) is 1.97. The number of anilines is 4. The molecule has 0 N–H and O–H groups in total. The first-order valence-electron chi connectivity index (χ1n) is 27.1. The van der Waals surface area contributed by atoms with E-state index in [0.29, 0.717) is 29.3 Å². The van der Waals surface area contributed by atoms with E-state index in [1.807, 2.05) is 24.4 Å². The molecule has 0 atom stereocenters. The molecule has 1 aliphatic heterocycles. The van der Waals surface area contributed by atoms with Crippen LogP contribution in [0.15, 0.2) is 176 Å². The molecular weight excluding hydrogens is 1120 g/mol. The summed E-state index contributed by atoms with van der Waals surface area (Å²) in [5, 5.41) is 2.18. The first kappa shape index (κ1) is 53.2. The van der Waals surface area contributed by atoms with Crippen molar-refractivity contribution >= 4 is 44.6 Å². The number of benzene rings is 8. The number of hydrogen-bond donors (Lipinski definition) is 0. The average molecular weight is 1190 g/mol. The molecule has 0 fully saturated rings. The van der Waals surface area contributed by atoms with E-state index in [1.54, 1.807) is 0 Å². The quantitative estimate of drug-likeness (QED) is 0.121. The Balaban J connectivity index is 0.00000672. The number of pyridine rings is 1. The maximum absolute atomic E-state index is 6.85. The Labute approximate surface area is 471 Å². The van der Waals surface area contributed by atoms with Gasteiger partial charge in [-0.1, -0.05) is 180 Å². The van der Waals surface area contributed by atoms with Crippen LogP contribution < -0.4 is 14.5 Å². The minimum Gasteiger partial charge on any atom is -0.509 e. The Hall–Kier alpha value is -7.20. The van der Waals surface area contributed by atoms with Crippen LogP contribution in [-0.4, -0.2) is 9.55 Å². The van der Waals surface area contributed by atoms with Crippen LogP contribution in [0.1, 0.15) is 129 Å². The van der Waals surface area contributed by atoms with Crippen molar-refractivity contribution in [3.05, 3.63) is 223 Å². The van der Waals surface area contributed by atoms with E-state index in [-0.39, 0.29) is 31.9 Å². The fourth-order valence-corrected chi connectivity index (χ4v) is 10.8. The zero-order valence-corrected chi connectivity index (χ0v) is 48.8. The average Bonchev–Trinajstić information content (AvgIpc) is 4.03. The summed E-state index contributed by atoms with van der Waals surface area (Å²) in [7, 11) is 0. The van der Waals surface area contributed by atoms with E-state index in [4.69, 9.17) is 9.72 Å². The van der Waals surface area contributed by atoms with Gasteiger partial charge in [-0.05, 0) is 144 Å². The summed E-state index contributed by atoms with van der Waals surface area (Å²) < 4.78 is 9.11. The Morgan fingerprint density at radius 2 is 1.14 bits per heavy atom. The number of ether oxygens (including phenoxy) is 1. The number of rotatable bonds is 11. The number of nitrogens with zero attached hydrogens (tertiary/aromatic N) is 4. The van der Waals surface area contributed by atoms with Gasteiger partial charge in [0.1, 0.15) is 5.82 Å². The van der Waals surface area contributed by atoms with Gasteiger partial charge in [-0.3, -0.25) is 0 Å². The Kier molecular flexibility index (Phi) is 14.5. The van der Waals surface area contributed by atoms with Crippen molar-refractivity contribution in [3.8, 4) is 50.7 Å². The SMILES string of the molecule is CC(C)c1cc(C(C)C)c(-c2ccnc(-n3c4[c-]c(Oc5[c-]c(N6[CH-]N(c7cccc(C(C)(C)C)c7)c7cc(C(C)(C)C)ccc76)ccc5)ccc4c4cc(-c5cccc(-c6ccccc6)c5)ccc43)c2)c(C(C)C)c1.[Pt]. The van der Waals surface area contributed by atoms with Crippen LogP contribution in [0.5, 0.6) is 11.5 Å². The zero-order valence-electron chi connectivity index (χ0n) is 46.6. The van der Waals surface area contributed by atoms with Gasteiger partial charge in [0.05, 0.1) is 0 Å². The Morgan fingerprint density at radius 1 is 0.494 bits per heavy atom. The van der Waals surface area contributed by atoms with Crippen molar-refractivity contribution in [1.82, 2.24) is 9.55 Å². The monoisotopic (exact) mass is 1190 g/mol. The van der Waals surface area contributed by atoms with Crippen LogP contribution in [0.4, 0.5) is 22.7 Å². The third kappa shape index (κ3) is 10.4. The second-order valence-corrected chi connectivity index (χ2v) is 23.7. The number of hydrogen-bond acceptors (Lipinski definition) is 4. The summed E-state index contributed by atoms with van der Waals surface area (Å²) in [6.45, 7) is 29.6. The van der Waals surface area contributed by atoms with Crippen LogP contribution in [-0.2, 0) is 31.9 Å². The molecular formula is C71H69N4OPt-3. The zero-order chi connectivity index (χ0) is 53.2. The Bertz CT molecular complexity index is 3770. The first-order chi connectivity index (χ1) is 36.4. The molecule has 5 nitrogen and oxygen atoms in total. The topological polar surface area (TPSA) is 33.5 Å². The molecule has 0 radical (unpaired) electrons. The molecule has 0 saturated carbocycles. The fourth-order valence-electron chi connectivity index (χ4n) is 10.8. The van der Waals surface area contributed by atoms with Gasteiger partial charge in [0.2, 0.25) is 0 Å². The summed E-state index contributed by atoms with van der Waals surface area (Å²) in [4.78, 5) is 9.69. The van der Waals surface area contributed by atoms with Crippen molar-refractivity contribution in [2.75, 3.05) is 9.80 Å². The van der Waals surface area contributed by atoms with Gasteiger partial charge in [0.25, 0.3) is 0 Å². The molecule has 0 saturated heterocycles. The summed E-state index contributed by atoms with van der Waals surface area (Å²) >= 11 is 0. The van der Waals surface area contributed by atoms with Crippen molar-refractivity contribution in [2.45, 2.75) is 112 Å². The van der Waals surface area contributed by atoms with E-state index < -0.39 is 0 Å². The predicted octanol–water partition coefficient (Wildman–Crippen LogP) is 19.9. The summed E-state index contributed by atoms with van der Waals surface area (Å²) in [5.74, 6) is 3.11. The normalized spacial score (nSPS) is 12.8. The van der Waals surface area contributed by atoms with E-state index in [2.05, 4.69) is 268 Å². The molecule has 0 spiro atoms. The first-order valence-corrected chi connectivity index (χ1v) is 27.1. The van der Waals surface area contributed by atoms with Crippen molar-refractivity contribution in [1.29, 1.82) is 0 Å². The smallest absolute Gasteiger partial charge is 0.136 e. The van der Waals surface area contributed by atoms with Gasteiger partial charge >= 0.3 is 0 Å². The minimum atomic E-state index is -0.0194. The molecule has 0 amide bonds. The van der Waals surface area contributed by atoms with Crippen LogP contribution in [0, 0.1) is 18.8 Å². The van der Waals surface area contributed by atoms with Crippen LogP contribution in [0.25, 0.3) is 61.0 Å². The third-order valence-electron chi connectivity index (χ3n) is 15.2. The molecule has 1 aliphatic rings. The molecule has 0 unspecified atom stereocenters. The standard InChI is InChI=1S/C71H69N4O.Pt/c1-45(2)53-37-61(46(3)4)69(62(38-53)47(5)6)52-33-34-72-68(39-52)75-64-31-27-51(50-22-16-21-49(35-50)48-19-14-13-15-20-48)36-63(64)60-30-29-59(43-66(60)75)76-58-26-18-25-57(42-58)73-44-74(56-24-17-23-54(40-56)70(7,8)9)67-41-55(71(10,11)12)28-32-65(67)73;/h13-41,44-47H,1-12H3;/q-3;. The van der Waals surface area contributed by atoms with Crippen LogP contribution in [0.3, 0.4) is 0 Å². The Morgan fingerprint density at radius 3 is 1.84 bits per heavy atom. The fraction of sp³-hybridized carbons (Fsp3) is 0.239. The maximum Gasteiger partial charge on any atom is 0.136 e. The van der Waals surface area contributed by atoms with E-state index in [0.717, 1.165) is 67.1 Å². The third-order valence-corrected chi connectivity index (χ3v) is 15.2. The molecule has 0 bridgehead atoms. The summed E-state index contributed by atoms with van der Waals surface area (Å²) in [6, 6.07) is 69.0. The molecule has 6 heteroatoms. The van der Waals surface area contributed by atoms with E-state index in [9.17, 15) is 0 Å². The molecule has 77 heavy (non-hydrogen) atoms. The van der Waals surface area contributed by atoms with Crippen LogP contribution >= 0.6 is 0 Å². The minimum absolute atomic E-state index is 0. The van der Waals surface area contributed by atoms with Gasteiger partial charge in [0, 0.05) is 61.3 Å². The predicted molar refractivity (Wildman–Crippen MR) is 320 cm³/mol. The van der Waals surface area contributed by atoms with Crippen molar-refractivity contribution in [2.24, 2.45) is 0 Å². The van der Waals surface area contributed by atoms with Gasteiger partial charge in [-0.2, -0.15) is 12.1 Å². The van der Waals surface area contributed by atoms with Crippen molar-refractivity contribution in [3.63, 3.8) is 0 Å². The second-order valence-electron chi connectivity index (χ2n) is 23.7. The van der Waals surface area contributed by atoms with Gasteiger partial charge in [0.15, 0.2) is 0 Å². The van der Waals surface area contributed by atoms with E-state index in [1.165, 1.54) is 44.5 Å². The van der Waals surface area contributed by atoms with Crippen LogP contribution in [0.2, 0.25) is 0 Å². The molecule has 10 aromatic rings. The molecule has 392 valence electrons. The molecule has 8 aromatic carbocycles. The van der Waals surface area contributed by atoms with Gasteiger partial charge in [-0.25, -0.2) is 4.98 Å².